The lowest BCUT2D eigenvalue weighted by Gasteiger charge is -2.11. The summed E-state index contributed by atoms with van der Waals surface area (Å²) in [6.07, 6.45) is 1.20. The molecule has 130 valence electrons. The average Bonchev–Trinajstić information content (AvgIpc) is 2.60. The number of nitrogens with zero attached hydrogens (tertiary/aromatic N) is 1. The van der Waals surface area contributed by atoms with Gasteiger partial charge in [0.2, 0.25) is 9.84 Å². The number of hydrogen-bond acceptors (Lipinski definition) is 5. The minimum atomic E-state index is -4.16. The van der Waals surface area contributed by atoms with E-state index >= 15 is 0 Å². The van der Waals surface area contributed by atoms with E-state index in [1.54, 1.807) is 24.3 Å². The van der Waals surface area contributed by atoms with Crippen LogP contribution >= 0.6 is 23.2 Å². The first-order valence-electron chi connectivity index (χ1n) is 6.88. The highest BCUT2D eigenvalue weighted by atomic mass is 35.5. The van der Waals surface area contributed by atoms with Gasteiger partial charge in [0.1, 0.15) is 11.0 Å². The van der Waals surface area contributed by atoms with Crippen molar-refractivity contribution in [2.75, 3.05) is 14.2 Å². The predicted molar refractivity (Wildman–Crippen MR) is 96.8 cm³/mol. The van der Waals surface area contributed by atoms with E-state index in [0.717, 1.165) is 0 Å². The molecule has 0 radical (unpaired) electrons. The largest absolute Gasteiger partial charge is 0.493 e. The Morgan fingerprint density at radius 3 is 2.48 bits per heavy atom. The second kappa shape index (κ2) is 7.79. The van der Waals surface area contributed by atoms with E-state index in [2.05, 4.69) is 0 Å². The van der Waals surface area contributed by atoms with Gasteiger partial charge in [-0.25, -0.2) is 8.42 Å². The molecule has 8 heteroatoms. The predicted octanol–water partition coefficient (Wildman–Crippen LogP) is 4.35. The molecule has 0 spiro atoms. The summed E-state index contributed by atoms with van der Waals surface area (Å²) < 4.78 is 36.0. The first-order valence-corrected chi connectivity index (χ1v) is 9.12. The molecule has 0 bridgehead atoms. The van der Waals surface area contributed by atoms with Crippen molar-refractivity contribution in [3.63, 3.8) is 0 Å². The Hall–Kier alpha value is -2.20. The quantitative estimate of drug-likeness (QED) is 0.700. The Labute approximate surface area is 155 Å². The highest BCUT2D eigenvalue weighted by Gasteiger charge is 2.25. The van der Waals surface area contributed by atoms with Crippen molar-refractivity contribution in [3.05, 3.63) is 56.9 Å². The van der Waals surface area contributed by atoms with E-state index in [1.165, 1.54) is 38.5 Å². The molecule has 0 fully saturated rings. The number of hydrogen-bond donors (Lipinski definition) is 0. The fourth-order valence-corrected chi connectivity index (χ4v) is 4.04. The Balaban J connectivity index is 2.66. The van der Waals surface area contributed by atoms with Crippen molar-refractivity contribution >= 4 is 39.1 Å². The first-order chi connectivity index (χ1) is 11.8. The molecule has 5 nitrogen and oxygen atoms in total. The van der Waals surface area contributed by atoms with Gasteiger partial charge in [0.15, 0.2) is 11.5 Å². The summed E-state index contributed by atoms with van der Waals surface area (Å²) in [5.74, 6) is 0.719. The van der Waals surface area contributed by atoms with Crippen LogP contribution in [0.1, 0.15) is 5.56 Å². The van der Waals surface area contributed by atoms with Gasteiger partial charge in [-0.2, -0.15) is 5.26 Å². The summed E-state index contributed by atoms with van der Waals surface area (Å²) in [7, 11) is -1.28. The Kier molecular flexibility index (Phi) is 5.96. The lowest BCUT2D eigenvalue weighted by molar-refractivity contribution is 0.354. The maximum absolute atomic E-state index is 12.8. The second-order valence-electron chi connectivity index (χ2n) is 4.78. The number of rotatable bonds is 5. The van der Waals surface area contributed by atoms with Crippen LogP contribution in [0.25, 0.3) is 6.08 Å². The molecule has 0 saturated carbocycles. The van der Waals surface area contributed by atoms with Gasteiger partial charge in [0.25, 0.3) is 0 Å². The number of ether oxygens (including phenoxy) is 2. The maximum atomic E-state index is 12.8. The number of benzene rings is 2. The van der Waals surface area contributed by atoms with Crippen LogP contribution in [0.2, 0.25) is 10.0 Å². The maximum Gasteiger partial charge on any atom is 0.218 e. The van der Waals surface area contributed by atoms with Crippen LogP contribution in [0.3, 0.4) is 0 Å². The summed E-state index contributed by atoms with van der Waals surface area (Å²) in [4.78, 5) is -0.737. The normalized spacial score (nSPS) is 11.7. The third kappa shape index (κ3) is 3.90. The van der Waals surface area contributed by atoms with Crippen LogP contribution in [0.5, 0.6) is 11.5 Å². The number of para-hydroxylation sites is 1. The number of nitriles is 1. The van der Waals surface area contributed by atoms with Crippen molar-refractivity contribution in [1.82, 2.24) is 0 Å². The molecule has 0 heterocycles. The van der Waals surface area contributed by atoms with E-state index in [-0.39, 0.29) is 14.9 Å². The molecule has 2 aromatic rings. The van der Waals surface area contributed by atoms with Crippen LogP contribution in [-0.2, 0) is 9.84 Å². The van der Waals surface area contributed by atoms with Crippen molar-refractivity contribution in [1.29, 1.82) is 5.26 Å². The minimum absolute atomic E-state index is 0.0249. The minimum Gasteiger partial charge on any atom is -0.493 e. The second-order valence-corrected chi connectivity index (χ2v) is 7.51. The summed E-state index contributed by atoms with van der Waals surface area (Å²) in [5, 5.41) is 9.56. The van der Waals surface area contributed by atoms with E-state index < -0.39 is 14.7 Å². The van der Waals surface area contributed by atoms with Gasteiger partial charge in [-0.15, -0.1) is 0 Å². The van der Waals surface area contributed by atoms with E-state index in [9.17, 15) is 13.7 Å². The van der Waals surface area contributed by atoms with Gasteiger partial charge >= 0.3 is 0 Å². The van der Waals surface area contributed by atoms with Crippen LogP contribution in [0.4, 0.5) is 0 Å². The molecule has 0 amide bonds. The Bertz CT molecular complexity index is 979. The fourth-order valence-electron chi connectivity index (χ4n) is 2.14. The molecule has 0 aliphatic rings. The van der Waals surface area contributed by atoms with Crippen LogP contribution in [0.15, 0.2) is 46.2 Å². The van der Waals surface area contributed by atoms with Gasteiger partial charge in [0.05, 0.1) is 24.1 Å². The average molecular weight is 398 g/mol. The number of methoxy groups -OCH3 is 2. The zero-order chi connectivity index (χ0) is 18.6. The molecule has 0 aliphatic heterocycles. The fraction of sp³-hybridized carbons (Fsp3) is 0.118. The van der Waals surface area contributed by atoms with Crippen molar-refractivity contribution in [2.24, 2.45) is 0 Å². The standard InChI is InChI=1S/C17H13Cl2NO4S/c1-23-15-5-3-4-11(17(15)24-2)8-13(10-20)25(21,22)16-9-12(18)6-7-14(16)19/h3-9H,1-2H3. The molecule has 0 N–H and O–H groups in total. The lowest BCUT2D eigenvalue weighted by atomic mass is 10.1. The number of sulfone groups is 1. The van der Waals surface area contributed by atoms with Gasteiger partial charge in [0, 0.05) is 10.6 Å². The molecule has 0 unspecified atom stereocenters. The third-order valence-electron chi connectivity index (χ3n) is 3.30. The highest BCUT2D eigenvalue weighted by Crippen LogP contribution is 2.35. The molecule has 2 rings (SSSR count). The highest BCUT2D eigenvalue weighted by molar-refractivity contribution is 7.95. The molecule has 0 saturated heterocycles. The van der Waals surface area contributed by atoms with E-state index in [4.69, 9.17) is 32.7 Å². The molecular weight excluding hydrogens is 385 g/mol. The zero-order valence-corrected chi connectivity index (χ0v) is 15.6. The number of halogens is 2. The molecule has 0 atom stereocenters. The van der Waals surface area contributed by atoms with Crippen LogP contribution in [0, 0.1) is 11.3 Å². The van der Waals surface area contributed by atoms with E-state index in [0.29, 0.717) is 17.1 Å². The van der Waals surface area contributed by atoms with Gasteiger partial charge in [-0.05, 0) is 30.3 Å². The zero-order valence-electron chi connectivity index (χ0n) is 13.3. The molecule has 0 aromatic heterocycles. The first kappa shape index (κ1) is 19.1. The lowest BCUT2D eigenvalue weighted by Crippen LogP contribution is -2.05. The molecular formula is C17H13Cl2NO4S. The van der Waals surface area contributed by atoms with Crippen molar-refractivity contribution in [2.45, 2.75) is 4.90 Å². The van der Waals surface area contributed by atoms with Gasteiger partial charge in [-0.1, -0.05) is 35.3 Å². The molecule has 25 heavy (non-hydrogen) atoms. The monoisotopic (exact) mass is 397 g/mol. The van der Waals surface area contributed by atoms with Crippen molar-refractivity contribution in [3.8, 4) is 17.6 Å². The Morgan fingerprint density at radius 1 is 1.16 bits per heavy atom. The van der Waals surface area contributed by atoms with Gasteiger partial charge in [-0.3, -0.25) is 0 Å². The van der Waals surface area contributed by atoms with Crippen molar-refractivity contribution < 1.29 is 17.9 Å². The van der Waals surface area contributed by atoms with Gasteiger partial charge < -0.3 is 9.47 Å². The third-order valence-corrected chi connectivity index (χ3v) is 5.68. The summed E-state index contributed by atoms with van der Waals surface area (Å²) in [6.45, 7) is 0. The smallest absolute Gasteiger partial charge is 0.218 e. The molecule has 2 aromatic carbocycles. The Morgan fingerprint density at radius 2 is 1.88 bits per heavy atom. The molecule has 0 aliphatic carbocycles. The number of allylic oxidation sites excluding steroid dienone is 1. The van der Waals surface area contributed by atoms with Crippen LogP contribution < -0.4 is 9.47 Å². The van der Waals surface area contributed by atoms with Crippen LogP contribution in [-0.4, -0.2) is 22.6 Å². The topological polar surface area (TPSA) is 76.4 Å². The van der Waals surface area contributed by atoms with E-state index in [1.807, 2.05) is 0 Å². The summed E-state index contributed by atoms with van der Waals surface area (Å²) >= 11 is 11.8. The SMILES string of the molecule is COc1cccc(C=C(C#N)S(=O)(=O)c2cc(Cl)ccc2Cl)c1OC. The summed E-state index contributed by atoms with van der Waals surface area (Å²) in [6, 6.07) is 10.6. The summed E-state index contributed by atoms with van der Waals surface area (Å²) in [5.41, 5.74) is 0.375.